The van der Waals surface area contributed by atoms with Crippen molar-refractivity contribution in [2.24, 2.45) is 0 Å². The zero-order chi connectivity index (χ0) is 14.4. The maximum Gasteiger partial charge on any atom is 0.273 e. The molecular weight excluding hydrogens is 276 g/mol. The van der Waals surface area contributed by atoms with Crippen LogP contribution in [0.25, 0.3) is 0 Å². The highest BCUT2D eigenvalue weighted by atomic mass is 32.1. The van der Waals surface area contributed by atoms with Crippen molar-refractivity contribution in [1.82, 2.24) is 14.8 Å². The quantitative estimate of drug-likeness (QED) is 0.790. The molecule has 1 aromatic rings. The molecule has 0 radical (unpaired) electrons. The lowest BCUT2D eigenvalue weighted by Crippen LogP contribution is -2.48. The molecule has 0 bridgehead atoms. The summed E-state index contributed by atoms with van der Waals surface area (Å²) in [5.74, 6) is -0.00279. The minimum absolute atomic E-state index is 0.00279. The zero-order valence-corrected chi connectivity index (χ0v) is 12.7. The number of methoxy groups -OCH3 is 1. The van der Waals surface area contributed by atoms with E-state index in [1.54, 1.807) is 12.5 Å². The van der Waals surface area contributed by atoms with Gasteiger partial charge in [0.15, 0.2) is 5.13 Å². The second kappa shape index (κ2) is 7.56. The highest BCUT2D eigenvalue weighted by molar-refractivity contribution is 7.13. The topological polar surface area (TPSA) is 71.7 Å². The van der Waals surface area contributed by atoms with Crippen LogP contribution in [-0.4, -0.2) is 67.1 Å². The number of piperazine rings is 1. The second-order valence-corrected chi connectivity index (χ2v) is 5.79. The lowest BCUT2D eigenvalue weighted by molar-refractivity contribution is 0.0627. The summed E-state index contributed by atoms with van der Waals surface area (Å²) in [6.45, 7) is 5.29. The number of amides is 1. The van der Waals surface area contributed by atoms with E-state index >= 15 is 0 Å². The Labute approximate surface area is 123 Å². The van der Waals surface area contributed by atoms with Crippen LogP contribution >= 0.6 is 11.3 Å². The molecule has 1 aliphatic heterocycles. The van der Waals surface area contributed by atoms with Gasteiger partial charge in [-0.25, -0.2) is 4.98 Å². The molecule has 1 amide bonds. The van der Waals surface area contributed by atoms with Crippen LogP contribution in [0.4, 0.5) is 5.13 Å². The smallest absolute Gasteiger partial charge is 0.273 e. The first-order valence-corrected chi connectivity index (χ1v) is 7.80. The molecule has 2 heterocycles. The molecule has 0 saturated carbocycles. The number of rotatable bonds is 6. The van der Waals surface area contributed by atoms with E-state index in [1.165, 1.54) is 11.3 Å². The van der Waals surface area contributed by atoms with Gasteiger partial charge in [0.1, 0.15) is 5.69 Å². The van der Waals surface area contributed by atoms with Crippen molar-refractivity contribution in [2.75, 3.05) is 52.2 Å². The Morgan fingerprint density at radius 2 is 2.15 bits per heavy atom. The molecule has 6 nitrogen and oxygen atoms in total. The van der Waals surface area contributed by atoms with Crippen LogP contribution in [0, 0.1) is 0 Å². The number of anilines is 1. The average molecular weight is 298 g/mol. The van der Waals surface area contributed by atoms with E-state index in [9.17, 15) is 4.79 Å². The maximum absolute atomic E-state index is 12.2. The minimum atomic E-state index is -0.00279. The highest BCUT2D eigenvalue weighted by Gasteiger charge is 2.23. The molecule has 2 N–H and O–H groups in total. The van der Waals surface area contributed by atoms with E-state index in [1.807, 2.05) is 4.90 Å². The van der Waals surface area contributed by atoms with E-state index in [0.717, 1.165) is 52.2 Å². The molecule has 2 rings (SSSR count). The molecule has 0 atom stereocenters. The third kappa shape index (κ3) is 4.16. The zero-order valence-electron chi connectivity index (χ0n) is 11.9. The number of carbonyl (C=O) groups is 1. The number of thiazole rings is 1. The lowest BCUT2D eigenvalue weighted by atomic mass is 10.2. The van der Waals surface area contributed by atoms with Crippen molar-refractivity contribution in [3.05, 3.63) is 11.1 Å². The van der Waals surface area contributed by atoms with Crippen molar-refractivity contribution in [1.29, 1.82) is 0 Å². The first kappa shape index (κ1) is 15.2. The molecule has 0 unspecified atom stereocenters. The predicted molar refractivity (Wildman–Crippen MR) is 80.0 cm³/mol. The number of unbranched alkanes of at least 4 members (excludes halogenated alkanes) is 1. The van der Waals surface area contributed by atoms with E-state index in [0.29, 0.717) is 10.8 Å². The Balaban J connectivity index is 1.72. The largest absolute Gasteiger partial charge is 0.385 e. The van der Waals surface area contributed by atoms with Gasteiger partial charge >= 0.3 is 0 Å². The number of hydrogen-bond acceptors (Lipinski definition) is 6. The summed E-state index contributed by atoms with van der Waals surface area (Å²) < 4.78 is 5.04. The van der Waals surface area contributed by atoms with Gasteiger partial charge in [0.25, 0.3) is 5.91 Å². The lowest BCUT2D eigenvalue weighted by Gasteiger charge is -2.34. The fourth-order valence-corrected chi connectivity index (χ4v) is 2.84. The molecule has 1 fully saturated rings. The average Bonchev–Trinajstić information content (AvgIpc) is 2.90. The van der Waals surface area contributed by atoms with E-state index in [4.69, 9.17) is 10.5 Å². The third-order valence-electron chi connectivity index (χ3n) is 3.47. The van der Waals surface area contributed by atoms with E-state index < -0.39 is 0 Å². The Morgan fingerprint density at radius 1 is 1.40 bits per heavy atom. The summed E-state index contributed by atoms with van der Waals surface area (Å²) in [6, 6.07) is 0. The van der Waals surface area contributed by atoms with Gasteiger partial charge < -0.3 is 15.4 Å². The van der Waals surface area contributed by atoms with Crippen LogP contribution < -0.4 is 5.73 Å². The van der Waals surface area contributed by atoms with Gasteiger partial charge in [-0.1, -0.05) is 0 Å². The number of nitrogens with two attached hydrogens (primary N) is 1. The monoisotopic (exact) mass is 298 g/mol. The first-order valence-electron chi connectivity index (χ1n) is 6.92. The summed E-state index contributed by atoms with van der Waals surface area (Å²) >= 11 is 1.31. The highest BCUT2D eigenvalue weighted by Crippen LogP contribution is 2.14. The fourth-order valence-electron chi connectivity index (χ4n) is 2.30. The van der Waals surface area contributed by atoms with Crippen molar-refractivity contribution in [2.45, 2.75) is 12.8 Å². The second-order valence-electron chi connectivity index (χ2n) is 4.90. The summed E-state index contributed by atoms with van der Waals surface area (Å²) in [7, 11) is 1.73. The van der Waals surface area contributed by atoms with E-state index in [2.05, 4.69) is 9.88 Å². The molecule has 112 valence electrons. The van der Waals surface area contributed by atoms with Crippen molar-refractivity contribution in [3.8, 4) is 0 Å². The van der Waals surface area contributed by atoms with Gasteiger partial charge in [-0.3, -0.25) is 9.69 Å². The van der Waals surface area contributed by atoms with Crippen LogP contribution in [0.1, 0.15) is 23.3 Å². The minimum Gasteiger partial charge on any atom is -0.385 e. The Hall–Kier alpha value is -1.18. The van der Waals surface area contributed by atoms with Crippen molar-refractivity contribution >= 4 is 22.4 Å². The maximum atomic E-state index is 12.2. The van der Waals surface area contributed by atoms with Gasteiger partial charge in [0.05, 0.1) is 0 Å². The number of nitrogens with zero attached hydrogens (tertiary/aromatic N) is 3. The number of nitrogen functional groups attached to an aromatic ring is 1. The van der Waals surface area contributed by atoms with Crippen LogP contribution in [0.5, 0.6) is 0 Å². The van der Waals surface area contributed by atoms with E-state index in [-0.39, 0.29) is 5.91 Å². The SMILES string of the molecule is COCCCCN1CCN(C(=O)c2csc(N)n2)CC1. The standard InChI is InChI=1S/C13H22N4O2S/c1-19-9-3-2-4-16-5-7-17(8-6-16)12(18)11-10-20-13(14)15-11/h10H,2-9H2,1H3,(H2,14,15). The van der Waals surface area contributed by atoms with Gasteiger partial charge in [-0.05, 0) is 19.4 Å². The summed E-state index contributed by atoms with van der Waals surface area (Å²) in [4.78, 5) is 20.5. The van der Waals surface area contributed by atoms with Crippen molar-refractivity contribution in [3.63, 3.8) is 0 Å². The fraction of sp³-hybridized carbons (Fsp3) is 0.692. The molecule has 0 aliphatic carbocycles. The van der Waals surface area contributed by atoms with Gasteiger partial charge in [-0.15, -0.1) is 11.3 Å². The molecule has 20 heavy (non-hydrogen) atoms. The number of hydrogen-bond donors (Lipinski definition) is 1. The molecular formula is C13H22N4O2S. The number of aromatic nitrogens is 1. The van der Waals surface area contributed by atoms with Gasteiger partial charge in [0, 0.05) is 45.3 Å². The summed E-state index contributed by atoms with van der Waals surface area (Å²) in [6.07, 6.45) is 2.23. The van der Waals surface area contributed by atoms with Gasteiger partial charge in [0.2, 0.25) is 0 Å². The molecule has 7 heteroatoms. The molecule has 1 aromatic heterocycles. The molecule has 0 spiro atoms. The van der Waals surface area contributed by atoms with Crippen LogP contribution in [0.2, 0.25) is 0 Å². The van der Waals surface area contributed by atoms with Crippen LogP contribution in [0.15, 0.2) is 5.38 Å². The summed E-state index contributed by atoms with van der Waals surface area (Å²) in [5.41, 5.74) is 6.04. The first-order chi connectivity index (χ1) is 9.70. The Kier molecular flexibility index (Phi) is 5.75. The molecule has 1 aliphatic rings. The van der Waals surface area contributed by atoms with Gasteiger partial charge in [-0.2, -0.15) is 0 Å². The normalized spacial score (nSPS) is 16.6. The third-order valence-corrected chi connectivity index (χ3v) is 4.15. The Morgan fingerprint density at radius 3 is 2.75 bits per heavy atom. The number of ether oxygens (including phenoxy) is 1. The number of carbonyl (C=O) groups excluding carboxylic acids is 1. The Bertz CT molecular complexity index is 430. The predicted octanol–water partition coefficient (Wildman–Crippen LogP) is 0.910. The van der Waals surface area contributed by atoms with Crippen molar-refractivity contribution < 1.29 is 9.53 Å². The summed E-state index contributed by atoms with van der Waals surface area (Å²) in [5, 5.41) is 2.18. The molecule has 1 saturated heterocycles. The molecule has 0 aromatic carbocycles. The van der Waals surface area contributed by atoms with Crippen LogP contribution in [-0.2, 0) is 4.74 Å². The van der Waals surface area contributed by atoms with Crippen LogP contribution in [0.3, 0.4) is 0 Å².